The number of benzene rings is 7. The normalized spacial score (nSPS) is 11.8. The van der Waals surface area contributed by atoms with Crippen LogP contribution >= 0.6 is 0 Å². The van der Waals surface area contributed by atoms with E-state index in [2.05, 4.69) is 149 Å². The van der Waals surface area contributed by atoms with E-state index in [9.17, 15) is 0 Å². The molecule has 11 aromatic rings. The summed E-state index contributed by atoms with van der Waals surface area (Å²) in [6, 6.07) is 53.7. The fraction of sp³-hybridized carbons (Fsp3) is 0. The molecule has 0 amide bonds. The first kappa shape index (κ1) is 29.5. The molecule has 0 radical (unpaired) electrons. The quantitative estimate of drug-likeness (QED) is 0.174. The Labute approximate surface area is 304 Å². The predicted octanol–water partition coefficient (Wildman–Crippen LogP) is 13.1. The van der Waals surface area contributed by atoms with E-state index in [0.717, 1.165) is 104 Å². The van der Waals surface area contributed by atoms with Crippen molar-refractivity contribution < 1.29 is 4.42 Å². The average Bonchev–Trinajstić information content (AvgIpc) is 3.61. The Morgan fingerprint density at radius 3 is 1.66 bits per heavy atom. The molecule has 11 rings (SSSR count). The van der Waals surface area contributed by atoms with Gasteiger partial charge in [-0.3, -0.25) is 9.97 Å². The first-order valence-electron chi connectivity index (χ1n) is 17.8. The summed E-state index contributed by atoms with van der Waals surface area (Å²) in [5, 5.41) is 10.2. The third kappa shape index (κ3) is 4.73. The molecule has 4 heterocycles. The largest absolute Gasteiger partial charge is 0.455 e. The van der Waals surface area contributed by atoms with Crippen molar-refractivity contribution in [3.8, 4) is 44.6 Å². The zero-order valence-corrected chi connectivity index (χ0v) is 28.5. The van der Waals surface area contributed by atoms with Gasteiger partial charge in [0.2, 0.25) is 0 Å². The SMILES string of the molecule is c1ccc(-c2nc3cc(-c4cc(-c5cccnc5)cc(-c5cccnc5)c4)ccc3c3c4oc5cc6ccccc6cc5c4c4ccccc4c23)cc1. The summed E-state index contributed by atoms with van der Waals surface area (Å²) in [5.74, 6) is 0. The second-order valence-corrected chi connectivity index (χ2v) is 13.6. The van der Waals surface area contributed by atoms with Gasteiger partial charge in [0, 0.05) is 68.4 Å². The van der Waals surface area contributed by atoms with Crippen molar-refractivity contribution in [3.05, 3.63) is 176 Å². The fourth-order valence-corrected chi connectivity index (χ4v) is 8.09. The lowest BCUT2D eigenvalue weighted by Crippen LogP contribution is -1.93. The second-order valence-electron chi connectivity index (χ2n) is 13.6. The second kappa shape index (κ2) is 11.7. The lowest BCUT2D eigenvalue weighted by atomic mass is 9.90. The van der Waals surface area contributed by atoms with Crippen LogP contribution < -0.4 is 0 Å². The molecule has 53 heavy (non-hydrogen) atoms. The smallest absolute Gasteiger partial charge is 0.144 e. The molecular formula is C49H29N3O. The lowest BCUT2D eigenvalue weighted by molar-refractivity contribution is 0.673. The molecule has 0 saturated heterocycles. The van der Waals surface area contributed by atoms with E-state index in [1.54, 1.807) is 0 Å². The van der Waals surface area contributed by atoms with Crippen molar-refractivity contribution in [1.82, 2.24) is 15.0 Å². The van der Waals surface area contributed by atoms with Crippen molar-refractivity contribution in [2.24, 2.45) is 0 Å². The van der Waals surface area contributed by atoms with Gasteiger partial charge in [-0.2, -0.15) is 0 Å². The van der Waals surface area contributed by atoms with Gasteiger partial charge in [0.15, 0.2) is 0 Å². The van der Waals surface area contributed by atoms with Gasteiger partial charge < -0.3 is 4.42 Å². The van der Waals surface area contributed by atoms with E-state index in [4.69, 9.17) is 9.40 Å². The van der Waals surface area contributed by atoms with E-state index in [-0.39, 0.29) is 0 Å². The predicted molar refractivity (Wildman–Crippen MR) is 219 cm³/mol. The van der Waals surface area contributed by atoms with Gasteiger partial charge in [-0.1, -0.05) is 103 Å². The molecule has 0 aliphatic heterocycles. The van der Waals surface area contributed by atoms with Crippen LogP contribution in [0.25, 0.3) is 110 Å². The first-order chi connectivity index (χ1) is 26.3. The zero-order chi connectivity index (χ0) is 34.9. The third-order valence-corrected chi connectivity index (χ3v) is 10.5. The van der Waals surface area contributed by atoms with E-state index >= 15 is 0 Å². The molecule has 4 heteroatoms. The van der Waals surface area contributed by atoms with Gasteiger partial charge in [-0.15, -0.1) is 0 Å². The highest BCUT2D eigenvalue weighted by molar-refractivity contribution is 6.36. The Bertz CT molecular complexity index is 3150. The molecule has 0 aliphatic rings. The highest BCUT2D eigenvalue weighted by Crippen LogP contribution is 2.47. The maximum Gasteiger partial charge on any atom is 0.144 e. The molecule has 0 saturated carbocycles. The Morgan fingerprint density at radius 1 is 0.377 bits per heavy atom. The van der Waals surface area contributed by atoms with Crippen molar-refractivity contribution in [3.63, 3.8) is 0 Å². The minimum Gasteiger partial charge on any atom is -0.455 e. The van der Waals surface area contributed by atoms with Crippen molar-refractivity contribution in [2.75, 3.05) is 0 Å². The van der Waals surface area contributed by atoms with E-state index in [0.29, 0.717) is 0 Å². The van der Waals surface area contributed by atoms with Crippen LogP contribution in [0.15, 0.2) is 181 Å². The van der Waals surface area contributed by atoms with Crippen LogP contribution in [0.1, 0.15) is 0 Å². The highest BCUT2D eigenvalue weighted by Gasteiger charge is 2.22. The number of furan rings is 1. The summed E-state index contributed by atoms with van der Waals surface area (Å²) in [6.45, 7) is 0. The van der Waals surface area contributed by atoms with Crippen LogP contribution in [0, 0.1) is 0 Å². The fourth-order valence-electron chi connectivity index (χ4n) is 8.09. The molecule has 0 N–H and O–H groups in total. The van der Waals surface area contributed by atoms with Gasteiger partial charge in [-0.05, 0) is 92.3 Å². The van der Waals surface area contributed by atoms with Crippen LogP contribution in [-0.4, -0.2) is 15.0 Å². The monoisotopic (exact) mass is 675 g/mol. The van der Waals surface area contributed by atoms with Gasteiger partial charge >= 0.3 is 0 Å². The molecule has 4 nitrogen and oxygen atoms in total. The molecule has 7 aromatic carbocycles. The highest BCUT2D eigenvalue weighted by atomic mass is 16.3. The number of rotatable bonds is 4. The van der Waals surface area contributed by atoms with Gasteiger partial charge in [0.1, 0.15) is 11.2 Å². The van der Waals surface area contributed by atoms with Gasteiger partial charge in [0.05, 0.1) is 11.2 Å². The van der Waals surface area contributed by atoms with Gasteiger partial charge in [-0.25, -0.2) is 4.98 Å². The zero-order valence-electron chi connectivity index (χ0n) is 28.5. The molecule has 0 fully saturated rings. The first-order valence-corrected chi connectivity index (χ1v) is 17.8. The molecule has 246 valence electrons. The molecule has 0 aliphatic carbocycles. The number of nitrogens with zero attached hydrogens (tertiary/aromatic N) is 3. The Kier molecular flexibility index (Phi) is 6.52. The molecule has 0 atom stereocenters. The molecular weight excluding hydrogens is 647 g/mol. The number of aromatic nitrogens is 3. The van der Waals surface area contributed by atoms with Crippen molar-refractivity contribution in [1.29, 1.82) is 0 Å². The summed E-state index contributed by atoms with van der Waals surface area (Å²) >= 11 is 0. The number of hydrogen-bond acceptors (Lipinski definition) is 4. The number of fused-ring (bicyclic) bond motifs is 11. The summed E-state index contributed by atoms with van der Waals surface area (Å²) in [6.07, 6.45) is 7.45. The Hall–Kier alpha value is -7.17. The molecule has 0 spiro atoms. The summed E-state index contributed by atoms with van der Waals surface area (Å²) in [4.78, 5) is 14.4. The number of pyridine rings is 3. The van der Waals surface area contributed by atoms with Crippen LogP contribution in [0.5, 0.6) is 0 Å². The lowest BCUT2D eigenvalue weighted by Gasteiger charge is -2.15. The summed E-state index contributed by atoms with van der Waals surface area (Å²) in [5.41, 5.74) is 11.1. The van der Waals surface area contributed by atoms with Crippen LogP contribution in [0.4, 0.5) is 0 Å². The minimum absolute atomic E-state index is 0.884. The summed E-state index contributed by atoms with van der Waals surface area (Å²) < 4.78 is 6.99. The molecule has 0 unspecified atom stereocenters. The van der Waals surface area contributed by atoms with E-state index in [1.807, 2.05) is 36.9 Å². The number of hydrogen-bond donors (Lipinski definition) is 0. The minimum atomic E-state index is 0.884. The Morgan fingerprint density at radius 2 is 0.981 bits per heavy atom. The van der Waals surface area contributed by atoms with E-state index in [1.165, 1.54) is 5.39 Å². The van der Waals surface area contributed by atoms with Crippen LogP contribution in [0.3, 0.4) is 0 Å². The van der Waals surface area contributed by atoms with Crippen LogP contribution in [-0.2, 0) is 0 Å². The maximum atomic E-state index is 6.99. The average molecular weight is 676 g/mol. The molecule has 4 aromatic heterocycles. The van der Waals surface area contributed by atoms with Crippen molar-refractivity contribution in [2.45, 2.75) is 0 Å². The summed E-state index contributed by atoms with van der Waals surface area (Å²) in [7, 11) is 0. The molecule has 0 bridgehead atoms. The standard InChI is InChI=1S/C49H29N3O/c1-2-10-30(11-3-1)48-46-40-17-7-6-16-39(40)45-42-25-31-12-4-5-13-32(31)27-44(42)53-49(45)47(46)41-19-18-33(26-43(41)52-48)36-22-37(34-14-8-20-50-28-34)24-38(23-36)35-15-9-21-51-29-35/h1-29H. The topological polar surface area (TPSA) is 51.8 Å². The maximum absolute atomic E-state index is 6.99. The Balaban J connectivity index is 1.25. The third-order valence-electron chi connectivity index (χ3n) is 10.5. The van der Waals surface area contributed by atoms with Crippen LogP contribution in [0.2, 0.25) is 0 Å². The van der Waals surface area contributed by atoms with Gasteiger partial charge in [0.25, 0.3) is 0 Å². The van der Waals surface area contributed by atoms with Crippen molar-refractivity contribution >= 4 is 65.2 Å². The van der Waals surface area contributed by atoms with E-state index < -0.39 is 0 Å².